The molecule has 0 bridgehead atoms. The fourth-order valence-corrected chi connectivity index (χ4v) is 2.83. The van der Waals surface area contributed by atoms with Gasteiger partial charge in [-0.2, -0.15) is 5.10 Å². The Balaban J connectivity index is 1.63. The molecule has 8 nitrogen and oxygen atoms in total. The number of carbonyl (C=O) groups excluding carboxylic acids is 1. The van der Waals surface area contributed by atoms with Crippen LogP contribution in [0.5, 0.6) is 0 Å². The second-order valence-electron chi connectivity index (χ2n) is 6.24. The number of rotatable bonds is 8. The third-order valence-electron chi connectivity index (χ3n) is 3.93. The number of anilines is 1. The second kappa shape index (κ2) is 9.70. The van der Waals surface area contributed by atoms with Crippen LogP contribution in [0, 0.1) is 0 Å². The number of carbonyl (C=O) groups is 2. The quantitative estimate of drug-likeness (QED) is 0.571. The van der Waals surface area contributed by atoms with Crippen LogP contribution in [0.3, 0.4) is 0 Å². The molecule has 2 aromatic carbocycles. The van der Waals surface area contributed by atoms with E-state index in [1.54, 1.807) is 22.9 Å². The summed E-state index contributed by atoms with van der Waals surface area (Å²) >= 11 is 6.16. The number of carboxylic acids is 1. The van der Waals surface area contributed by atoms with Crippen molar-refractivity contribution in [1.29, 1.82) is 0 Å². The summed E-state index contributed by atoms with van der Waals surface area (Å²) in [5.41, 5.74) is 1.95. The molecule has 0 radical (unpaired) electrons. The first-order chi connectivity index (χ1) is 14.0. The van der Waals surface area contributed by atoms with Gasteiger partial charge in [0.25, 0.3) is 0 Å². The SMILES string of the molecule is O=C(O)CCCn1cnc(-c2cc(Cl)cc(NC(=O)OCc3ccccc3)c2)n1. The van der Waals surface area contributed by atoms with E-state index < -0.39 is 12.1 Å². The minimum Gasteiger partial charge on any atom is -0.481 e. The summed E-state index contributed by atoms with van der Waals surface area (Å²) in [6, 6.07) is 14.3. The standard InChI is InChI=1S/C20H19ClN4O4/c21-16-9-15(19-22-13-25(24-19)8-4-7-18(26)27)10-17(11-16)23-20(28)29-12-14-5-2-1-3-6-14/h1-3,5-6,9-11,13H,4,7-8,12H2,(H,23,28)(H,26,27). The number of nitrogens with one attached hydrogen (secondary N) is 1. The van der Waals surface area contributed by atoms with Crippen molar-refractivity contribution in [3.63, 3.8) is 0 Å². The smallest absolute Gasteiger partial charge is 0.411 e. The van der Waals surface area contributed by atoms with Gasteiger partial charge in [-0.15, -0.1) is 0 Å². The van der Waals surface area contributed by atoms with Crippen molar-refractivity contribution >= 4 is 29.4 Å². The first-order valence-corrected chi connectivity index (χ1v) is 9.27. The molecule has 1 aromatic heterocycles. The Labute approximate surface area is 172 Å². The Kier molecular flexibility index (Phi) is 6.80. The van der Waals surface area contributed by atoms with E-state index in [4.69, 9.17) is 21.4 Å². The number of carboxylic acid groups (broad SMARTS) is 1. The number of nitrogens with zero attached hydrogens (tertiary/aromatic N) is 3. The lowest BCUT2D eigenvalue weighted by Gasteiger charge is -2.08. The maximum atomic E-state index is 12.1. The molecule has 2 N–H and O–H groups in total. The van der Waals surface area contributed by atoms with E-state index in [0.717, 1.165) is 5.56 Å². The van der Waals surface area contributed by atoms with Crippen LogP contribution in [0.4, 0.5) is 10.5 Å². The van der Waals surface area contributed by atoms with E-state index in [1.807, 2.05) is 30.3 Å². The molecule has 0 aliphatic rings. The van der Waals surface area contributed by atoms with Gasteiger partial charge in [-0.1, -0.05) is 41.9 Å². The van der Waals surface area contributed by atoms with Gasteiger partial charge in [0.05, 0.1) is 0 Å². The molecule has 1 amide bonds. The number of aromatic nitrogens is 3. The van der Waals surface area contributed by atoms with E-state index in [2.05, 4.69) is 15.4 Å². The van der Waals surface area contributed by atoms with Crippen molar-refractivity contribution in [2.75, 3.05) is 5.32 Å². The molecule has 150 valence electrons. The number of ether oxygens (including phenoxy) is 1. The molecule has 0 unspecified atom stereocenters. The van der Waals surface area contributed by atoms with E-state index in [-0.39, 0.29) is 13.0 Å². The average molecular weight is 415 g/mol. The fraction of sp³-hybridized carbons (Fsp3) is 0.200. The van der Waals surface area contributed by atoms with Crippen LogP contribution in [-0.4, -0.2) is 31.9 Å². The van der Waals surface area contributed by atoms with Crippen LogP contribution in [0.25, 0.3) is 11.4 Å². The topological polar surface area (TPSA) is 106 Å². The lowest BCUT2D eigenvalue weighted by atomic mass is 10.2. The van der Waals surface area contributed by atoms with Gasteiger partial charge >= 0.3 is 12.1 Å². The van der Waals surface area contributed by atoms with E-state index in [9.17, 15) is 9.59 Å². The highest BCUT2D eigenvalue weighted by atomic mass is 35.5. The molecule has 29 heavy (non-hydrogen) atoms. The van der Waals surface area contributed by atoms with Gasteiger partial charge in [-0.3, -0.25) is 14.8 Å². The van der Waals surface area contributed by atoms with Crippen molar-refractivity contribution in [2.24, 2.45) is 0 Å². The van der Waals surface area contributed by atoms with Crippen LogP contribution in [0.1, 0.15) is 18.4 Å². The predicted molar refractivity (Wildman–Crippen MR) is 108 cm³/mol. The van der Waals surface area contributed by atoms with Gasteiger partial charge in [-0.25, -0.2) is 9.78 Å². The third kappa shape index (κ3) is 6.32. The van der Waals surface area contributed by atoms with Gasteiger partial charge in [-0.05, 0) is 30.2 Å². The zero-order valence-corrected chi connectivity index (χ0v) is 16.2. The van der Waals surface area contributed by atoms with Crippen LogP contribution in [0.2, 0.25) is 5.02 Å². The number of aliphatic carboxylic acids is 1. The molecule has 9 heteroatoms. The van der Waals surface area contributed by atoms with Crippen LogP contribution >= 0.6 is 11.6 Å². The summed E-state index contributed by atoms with van der Waals surface area (Å²) in [6.45, 7) is 0.596. The van der Waals surface area contributed by atoms with Crippen LogP contribution < -0.4 is 5.32 Å². The first kappa shape index (κ1) is 20.3. The lowest BCUT2D eigenvalue weighted by Crippen LogP contribution is -2.13. The Morgan fingerprint density at radius 1 is 1.17 bits per heavy atom. The molecule has 0 aliphatic heterocycles. The molecule has 0 saturated carbocycles. The summed E-state index contributed by atoms with van der Waals surface area (Å²) in [7, 11) is 0. The summed E-state index contributed by atoms with van der Waals surface area (Å²) in [6.07, 6.45) is 1.44. The zero-order chi connectivity index (χ0) is 20.6. The molecule has 3 aromatic rings. The number of halogens is 1. The highest BCUT2D eigenvalue weighted by molar-refractivity contribution is 6.31. The monoisotopic (exact) mass is 414 g/mol. The van der Waals surface area contributed by atoms with Gasteiger partial charge in [0.1, 0.15) is 12.9 Å². The molecule has 0 spiro atoms. The van der Waals surface area contributed by atoms with Crippen molar-refractivity contribution in [1.82, 2.24) is 14.8 Å². The molecule has 0 saturated heterocycles. The molecule has 0 aliphatic carbocycles. The Morgan fingerprint density at radius 3 is 2.72 bits per heavy atom. The number of benzene rings is 2. The maximum Gasteiger partial charge on any atom is 0.411 e. The third-order valence-corrected chi connectivity index (χ3v) is 4.15. The summed E-state index contributed by atoms with van der Waals surface area (Å²) < 4.78 is 6.78. The van der Waals surface area contributed by atoms with Gasteiger partial charge in [0.15, 0.2) is 5.82 Å². The predicted octanol–water partition coefficient (Wildman–Crippen LogP) is 4.21. The van der Waals surface area contributed by atoms with Crippen molar-refractivity contribution in [3.8, 4) is 11.4 Å². The number of amides is 1. The maximum absolute atomic E-state index is 12.1. The minimum atomic E-state index is -0.852. The second-order valence-corrected chi connectivity index (χ2v) is 6.68. The Bertz CT molecular complexity index is 991. The fourth-order valence-electron chi connectivity index (χ4n) is 2.59. The van der Waals surface area contributed by atoms with Gasteiger partial charge in [0, 0.05) is 29.2 Å². The summed E-state index contributed by atoms with van der Waals surface area (Å²) in [5, 5.41) is 16.1. The Hall–Kier alpha value is -3.39. The van der Waals surface area contributed by atoms with Crippen molar-refractivity contribution < 1.29 is 19.4 Å². The lowest BCUT2D eigenvalue weighted by molar-refractivity contribution is -0.137. The Morgan fingerprint density at radius 2 is 1.97 bits per heavy atom. The van der Waals surface area contributed by atoms with Crippen LogP contribution in [0.15, 0.2) is 54.9 Å². The number of hydrogen-bond acceptors (Lipinski definition) is 5. The summed E-state index contributed by atoms with van der Waals surface area (Å²) in [4.78, 5) is 26.9. The molecule has 3 rings (SSSR count). The molecule has 0 atom stereocenters. The van der Waals surface area contributed by atoms with E-state index in [0.29, 0.717) is 35.1 Å². The largest absolute Gasteiger partial charge is 0.481 e. The molecule has 0 fully saturated rings. The van der Waals surface area contributed by atoms with Gasteiger partial charge in [0.2, 0.25) is 0 Å². The van der Waals surface area contributed by atoms with E-state index >= 15 is 0 Å². The zero-order valence-electron chi connectivity index (χ0n) is 15.4. The van der Waals surface area contributed by atoms with Crippen molar-refractivity contribution in [2.45, 2.75) is 26.0 Å². The molecular formula is C20H19ClN4O4. The van der Waals surface area contributed by atoms with Gasteiger partial charge < -0.3 is 9.84 Å². The molecular weight excluding hydrogens is 396 g/mol. The highest BCUT2D eigenvalue weighted by Gasteiger charge is 2.10. The van der Waals surface area contributed by atoms with Crippen molar-refractivity contribution in [3.05, 3.63) is 65.4 Å². The average Bonchev–Trinajstić information content (AvgIpc) is 3.15. The number of hydrogen-bond donors (Lipinski definition) is 2. The highest BCUT2D eigenvalue weighted by Crippen LogP contribution is 2.25. The minimum absolute atomic E-state index is 0.0610. The van der Waals surface area contributed by atoms with Crippen LogP contribution in [-0.2, 0) is 22.7 Å². The molecule has 1 heterocycles. The summed E-state index contributed by atoms with van der Waals surface area (Å²) in [5.74, 6) is -0.432. The first-order valence-electron chi connectivity index (χ1n) is 8.89. The van der Waals surface area contributed by atoms with E-state index in [1.165, 1.54) is 6.33 Å². The normalized spacial score (nSPS) is 10.5. The number of aryl methyl sites for hydroxylation is 1.